The summed E-state index contributed by atoms with van der Waals surface area (Å²) in [5, 5.41) is 0.863. The molecule has 1 aromatic heterocycles. The Kier molecular flexibility index (Phi) is 7.52. The van der Waals surface area contributed by atoms with E-state index in [4.69, 9.17) is 9.47 Å². The molecule has 0 fully saturated rings. The van der Waals surface area contributed by atoms with Gasteiger partial charge in [-0.05, 0) is 59.7 Å². The molecule has 0 saturated heterocycles. The molecule has 202 valence electrons. The quantitative estimate of drug-likeness (QED) is 0.144. The maximum absolute atomic E-state index is 14.0. The predicted molar refractivity (Wildman–Crippen MR) is 154 cm³/mol. The van der Waals surface area contributed by atoms with Crippen LogP contribution in [0, 0.1) is 5.82 Å². The molecule has 40 heavy (non-hydrogen) atoms. The molecule has 0 unspecified atom stereocenters. The first-order valence-corrected chi connectivity index (χ1v) is 13.1. The summed E-state index contributed by atoms with van der Waals surface area (Å²) >= 11 is 0. The van der Waals surface area contributed by atoms with Crippen molar-refractivity contribution in [3.8, 4) is 22.6 Å². The van der Waals surface area contributed by atoms with Crippen molar-refractivity contribution in [3.63, 3.8) is 0 Å². The van der Waals surface area contributed by atoms with Gasteiger partial charge in [-0.1, -0.05) is 62.4 Å². The summed E-state index contributed by atoms with van der Waals surface area (Å²) in [6.07, 6.45) is 1.18. The van der Waals surface area contributed by atoms with Crippen LogP contribution in [0.5, 0.6) is 5.75 Å². The zero-order valence-electron chi connectivity index (χ0n) is 22.7. The molecule has 0 radical (unpaired) electrons. The van der Waals surface area contributed by atoms with Crippen LogP contribution in [0.3, 0.4) is 0 Å². The van der Waals surface area contributed by atoms with E-state index < -0.39 is 11.4 Å². The molecule has 0 amide bonds. The van der Waals surface area contributed by atoms with E-state index in [9.17, 15) is 14.0 Å². The molecule has 0 aliphatic carbocycles. The first-order valence-electron chi connectivity index (χ1n) is 13.1. The number of esters is 1. The maximum atomic E-state index is 14.0. The molecule has 0 spiro atoms. The van der Waals surface area contributed by atoms with Crippen molar-refractivity contribution in [1.29, 1.82) is 0 Å². The molecule has 0 bridgehead atoms. The average molecular weight is 536 g/mol. The maximum Gasteiger partial charge on any atom is 0.337 e. The Hall–Kier alpha value is -4.71. The van der Waals surface area contributed by atoms with Crippen molar-refractivity contribution >= 4 is 23.2 Å². The summed E-state index contributed by atoms with van der Waals surface area (Å²) < 4.78 is 27.4. The number of nitrogens with zero attached hydrogens (tertiary/aromatic N) is 1. The number of rotatable bonds is 9. The zero-order valence-corrected chi connectivity index (χ0v) is 22.7. The Morgan fingerprint density at radius 2 is 1.60 bits per heavy atom. The molecule has 0 aliphatic heterocycles. The summed E-state index contributed by atoms with van der Waals surface area (Å²) in [6.45, 7) is 4.41. The van der Waals surface area contributed by atoms with Crippen LogP contribution in [0.1, 0.15) is 41.9 Å². The van der Waals surface area contributed by atoms with Gasteiger partial charge in [0.1, 0.15) is 24.5 Å². The molecule has 5 nitrogen and oxygen atoms in total. The van der Waals surface area contributed by atoms with Gasteiger partial charge >= 0.3 is 5.97 Å². The summed E-state index contributed by atoms with van der Waals surface area (Å²) in [5.74, 6) is -0.0782. The van der Waals surface area contributed by atoms with Gasteiger partial charge in [0, 0.05) is 28.8 Å². The molecule has 4 aromatic carbocycles. The number of fused-ring (bicyclic) bond motifs is 1. The molecule has 5 aromatic rings. The van der Waals surface area contributed by atoms with Crippen LogP contribution in [0.2, 0.25) is 0 Å². The van der Waals surface area contributed by atoms with Gasteiger partial charge in [-0.25, -0.2) is 9.18 Å². The molecule has 5 rings (SSSR count). The van der Waals surface area contributed by atoms with Crippen molar-refractivity contribution in [1.82, 2.24) is 4.57 Å². The summed E-state index contributed by atoms with van der Waals surface area (Å²) in [4.78, 5) is 24.1. The Morgan fingerprint density at radius 1 is 0.900 bits per heavy atom. The number of halogens is 1. The number of ether oxygens (including phenoxy) is 2. The topological polar surface area (TPSA) is 57.5 Å². The second kappa shape index (κ2) is 11.2. The Balaban J connectivity index is 1.83. The molecule has 0 aliphatic rings. The second-order valence-electron chi connectivity index (χ2n) is 10.3. The largest absolute Gasteiger partial charge is 0.488 e. The van der Waals surface area contributed by atoms with Gasteiger partial charge in [0.25, 0.3) is 0 Å². The fourth-order valence-corrected chi connectivity index (χ4v) is 5.14. The van der Waals surface area contributed by atoms with Crippen molar-refractivity contribution in [3.05, 3.63) is 120 Å². The number of carbonyl (C=O) groups is 2. The van der Waals surface area contributed by atoms with Crippen molar-refractivity contribution in [2.45, 2.75) is 32.3 Å². The Bertz CT molecular complexity index is 1650. The lowest BCUT2D eigenvalue weighted by Gasteiger charge is -2.27. The van der Waals surface area contributed by atoms with Crippen LogP contribution in [0.15, 0.2) is 97.1 Å². The van der Waals surface area contributed by atoms with Crippen LogP contribution in [-0.4, -0.2) is 23.9 Å². The van der Waals surface area contributed by atoms with Crippen molar-refractivity contribution in [2.75, 3.05) is 7.11 Å². The van der Waals surface area contributed by atoms with Gasteiger partial charge in [0.2, 0.25) is 0 Å². The van der Waals surface area contributed by atoms with E-state index >= 15 is 0 Å². The van der Waals surface area contributed by atoms with Gasteiger partial charge in [0.05, 0.1) is 23.6 Å². The molecule has 0 atom stereocenters. The lowest BCUT2D eigenvalue weighted by molar-refractivity contribution is -0.108. The minimum absolute atomic E-state index is 0.262. The van der Waals surface area contributed by atoms with Crippen LogP contribution < -0.4 is 4.74 Å². The van der Waals surface area contributed by atoms with Crippen LogP contribution in [0.25, 0.3) is 27.7 Å². The van der Waals surface area contributed by atoms with E-state index in [1.807, 2.05) is 74.5 Å². The minimum Gasteiger partial charge on any atom is -0.488 e. The number of aldehydes is 1. The lowest BCUT2D eigenvalue weighted by Crippen LogP contribution is -2.22. The smallest absolute Gasteiger partial charge is 0.337 e. The fourth-order valence-electron chi connectivity index (χ4n) is 5.14. The average Bonchev–Trinajstić information content (AvgIpc) is 3.33. The van der Waals surface area contributed by atoms with E-state index in [-0.39, 0.29) is 12.2 Å². The van der Waals surface area contributed by atoms with E-state index in [2.05, 4.69) is 4.57 Å². The highest BCUT2D eigenvalue weighted by atomic mass is 19.1. The van der Waals surface area contributed by atoms with E-state index in [1.54, 1.807) is 24.3 Å². The second-order valence-corrected chi connectivity index (χ2v) is 10.3. The lowest BCUT2D eigenvalue weighted by atomic mass is 9.81. The number of methoxy groups -OCH3 is 1. The monoisotopic (exact) mass is 535 g/mol. The third-order valence-electron chi connectivity index (χ3n) is 7.11. The molecular formula is C34H30FNO4. The fraction of sp³-hybridized carbons (Fsp3) is 0.176. The predicted octanol–water partition coefficient (Wildman–Crippen LogP) is 7.67. The van der Waals surface area contributed by atoms with Crippen LogP contribution in [0.4, 0.5) is 4.39 Å². The van der Waals surface area contributed by atoms with Crippen molar-refractivity contribution in [2.24, 2.45) is 0 Å². The normalized spacial score (nSPS) is 11.4. The first-order chi connectivity index (χ1) is 19.3. The standard InChI is InChI=1S/C34H30FNO4/c1-34(2,20-21-37)32-30(24-12-14-25(15-13-24)33(38)39-3)31-28(36(32)27-18-16-26(35)17-19-27)10-7-11-29(31)40-22-23-8-5-4-6-9-23/h4-19,21H,20,22H2,1-3H3. The summed E-state index contributed by atoms with van der Waals surface area (Å²) in [6, 6.07) is 29.3. The van der Waals surface area contributed by atoms with Crippen molar-refractivity contribution < 1.29 is 23.5 Å². The van der Waals surface area contributed by atoms with E-state index in [0.29, 0.717) is 17.9 Å². The number of benzene rings is 4. The molecule has 1 heterocycles. The number of hydrogen-bond acceptors (Lipinski definition) is 4. The molecule has 6 heteroatoms. The third kappa shape index (κ3) is 5.13. The van der Waals surface area contributed by atoms with E-state index in [0.717, 1.165) is 45.3 Å². The van der Waals surface area contributed by atoms with Crippen LogP contribution >= 0.6 is 0 Å². The number of aromatic nitrogens is 1. The Morgan fingerprint density at radius 3 is 2.25 bits per heavy atom. The highest BCUT2D eigenvalue weighted by Gasteiger charge is 2.33. The van der Waals surface area contributed by atoms with Gasteiger partial charge in [-0.15, -0.1) is 0 Å². The highest BCUT2D eigenvalue weighted by molar-refractivity contribution is 6.04. The van der Waals surface area contributed by atoms with Gasteiger partial charge in [-0.3, -0.25) is 0 Å². The molecule has 0 saturated carbocycles. The van der Waals surface area contributed by atoms with Gasteiger partial charge in [-0.2, -0.15) is 0 Å². The zero-order chi connectivity index (χ0) is 28.3. The number of carbonyl (C=O) groups excluding carboxylic acids is 2. The Labute approximate surface area is 232 Å². The van der Waals surface area contributed by atoms with Crippen LogP contribution in [-0.2, 0) is 21.6 Å². The minimum atomic E-state index is -0.609. The van der Waals surface area contributed by atoms with Gasteiger partial charge < -0.3 is 18.8 Å². The highest BCUT2D eigenvalue weighted by Crippen LogP contribution is 2.47. The third-order valence-corrected chi connectivity index (χ3v) is 7.11. The SMILES string of the molecule is COC(=O)c1ccc(-c2c(C(C)(C)CC=O)n(-c3ccc(F)cc3)c3cccc(OCc4ccccc4)c23)cc1. The van der Waals surface area contributed by atoms with Gasteiger partial charge in [0.15, 0.2) is 0 Å². The molecular weight excluding hydrogens is 505 g/mol. The summed E-state index contributed by atoms with van der Waals surface area (Å²) in [5.41, 5.74) is 5.08. The summed E-state index contributed by atoms with van der Waals surface area (Å²) in [7, 11) is 1.35. The van der Waals surface area contributed by atoms with E-state index in [1.165, 1.54) is 19.2 Å². The number of hydrogen-bond donors (Lipinski definition) is 0. The first kappa shape index (κ1) is 26.9. The molecule has 0 N–H and O–H groups in total.